The molecule has 1 aromatic rings. The predicted molar refractivity (Wildman–Crippen MR) is 91.7 cm³/mol. The van der Waals surface area contributed by atoms with Crippen molar-refractivity contribution in [1.82, 2.24) is 15.4 Å². The van der Waals surface area contributed by atoms with Gasteiger partial charge in [0.2, 0.25) is 11.8 Å². The van der Waals surface area contributed by atoms with Gasteiger partial charge in [-0.25, -0.2) is 0 Å². The fourth-order valence-electron chi connectivity index (χ4n) is 2.45. The summed E-state index contributed by atoms with van der Waals surface area (Å²) in [4.78, 5) is 25.6. The van der Waals surface area contributed by atoms with Crippen LogP contribution in [0, 0.1) is 0 Å². The minimum absolute atomic E-state index is 0.0246. The Bertz CT molecular complexity index is 610. The van der Waals surface area contributed by atoms with E-state index in [0.717, 1.165) is 18.6 Å². The molecule has 1 N–H and O–H groups in total. The van der Waals surface area contributed by atoms with Gasteiger partial charge in [-0.3, -0.25) is 9.59 Å². The number of nitrogens with zero attached hydrogens (tertiary/aromatic N) is 2. The van der Waals surface area contributed by atoms with Crippen molar-refractivity contribution in [2.45, 2.75) is 51.0 Å². The van der Waals surface area contributed by atoms with Crippen molar-refractivity contribution < 1.29 is 14.1 Å². The third kappa shape index (κ3) is 6.00. The summed E-state index contributed by atoms with van der Waals surface area (Å²) in [5.41, 5.74) is 0.645. The lowest BCUT2D eigenvalue weighted by Gasteiger charge is -2.22. The average Bonchev–Trinajstić information content (AvgIpc) is 3.25. The Morgan fingerprint density at radius 1 is 1.50 bits per heavy atom. The molecule has 1 aliphatic carbocycles. The molecule has 0 aliphatic heterocycles. The summed E-state index contributed by atoms with van der Waals surface area (Å²) in [6.45, 7) is 5.86. The Hall–Kier alpha value is -1.82. The molecular weight excluding hydrogens is 330 g/mol. The standard InChI is InChI=1S/C17H24ClN3O3/c1-11(18)4-7-17(23)21(3)10-12(2)19-16(22)9-14-8-15(24-20-14)13-5-6-13/h8,12-13H,1,4-7,9-10H2,2-3H3,(H,19,22). The summed E-state index contributed by atoms with van der Waals surface area (Å²) in [6.07, 6.45) is 3.23. The monoisotopic (exact) mass is 353 g/mol. The number of amides is 2. The molecule has 7 heteroatoms. The van der Waals surface area contributed by atoms with Crippen LogP contribution in [0.15, 0.2) is 22.2 Å². The first-order valence-electron chi connectivity index (χ1n) is 8.17. The lowest BCUT2D eigenvalue weighted by Crippen LogP contribution is -2.43. The molecule has 24 heavy (non-hydrogen) atoms. The van der Waals surface area contributed by atoms with E-state index < -0.39 is 0 Å². The van der Waals surface area contributed by atoms with Crippen molar-refractivity contribution in [3.63, 3.8) is 0 Å². The topological polar surface area (TPSA) is 75.4 Å². The first-order valence-corrected chi connectivity index (χ1v) is 8.55. The van der Waals surface area contributed by atoms with Crippen LogP contribution in [-0.4, -0.2) is 41.5 Å². The van der Waals surface area contributed by atoms with Crippen molar-refractivity contribution in [1.29, 1.82) is 0 Å². The van der Waals surface area contributed by atoms with Gasteiger partial charge < -0.3 is 14.7 Å². The molecule has 1 heterocycles. The molecule has 1 aliphatic rings. The molecule has 1 fully saturated rings. The van der Waals surface area contributed by atoms with Crippen LogP contribution in [0.3, 0.4) is 0 Å². The zero-order valence-corrected chi connectivity index (χ0v) is 14.9. The van der Waals surface area contributed by atoms with Gasteiger partial charge in [0.15, 0.2) is 0 Å². The fourth-order valence-corrected chi connectivity index (χ4v) is 2.55. The van der Waals surface area contributed by atoms with Gasteiger partial charge in [-0.1, -0.05) is 23.3 Å². The van der Waals surface area contributed by atoms with Gasteiger partial charge in [-0.05, 0) is 26.2 Å². The molecule has 1 aromatic heterocycles. The van der Waals surface area contributed by atoms with Gasteiger partial charge in [0.05, 0.1) is 12.1 Å². The van der Waals surface area contributed by atoms with Crippen molar-refractivity contribution in [3.05, 3.63) is 29.1 Å². The summed E-state index contributed by atoms with van der Waals surface area (Å²) in [5, 5.41) is 7.28. The van der Waals surface area contributed by atoms with E-state index in [1.165, 1.54) is 0 Å². The average molecular weight is 354 g/mol. The summed E-state index contributed by atoms with van der Waals surface area (Å²) >= 11 is 5.67. The smallest absolute Gasteiger partial charge is 0.226 e. The molecule has 0 spiro atoms. The van der Waals surface area contributed by atoms with Gasteiger partial charge in [0.25, 0.3) is 0 Å². The normalized spacial score (nSPS) is 15.0. The summed E-state index contributed by atoms with van der Waals surface area (Å²) in [7, 11) is 1.71. The van der Waals surface area contributed by atoms with Crippen LogP contribution in [0.1, 0.15) is 50.0 Å². The molecule has 0 bridgehead atoms. The largest absolute Gasteiger partial charge is 0.361 e. The molecule has 2 rings (SSSR count). The third-order valence-corrected chi connectivity index (χ3v) is 4.08. The van der Waals surface area contributed by atoms with E-state index >= 15 is 0 Å². The Balaban J connectivity index is 1.71. The highest BCUT2D eigenvalue weighted by Gasteiger charge is 2.28. The molecule has 1 saturated carbocycles. The van der Waals surface area contributed by atoms with Crippen LogP contribution in [-0.2, 0) is 16.0 Å². The lowest BCUT2D eigenvalue weighted by molar-refractivity contribution is -0.130. The number of carbonyl (C=O) groups excluding carboxylic acids is 2. The maximum absolute atomic E-state index is 12.1. The number of hydrogen-bond acceptors (Lipinski definition) is 4. The maximum atomic E-state index is 12.1. The zero-order valence-electron chi connectivity index (χ0n) is 14.2. The highest BCUT2D eigenvalue weighted by atomic mass is 35.5. The Morgan fingerprint density at radius 2 is 2.21 bits per heavy atom. The van der Waals surface area contributed by atoms with E-state index in [9.17, 15) is 9.59 Å². The van der Waals surface area contributed by atoms with Gasteiger partial charge in [0.1, 0.15) is 5.76 Å². The Labute approximate surface area is 147 Å². The number of likely N-dealkylation sites (N-methyl/N-ethyl adjacent to an activating group) is 1. The van der Waals surface area contributed by atoms with Crippen LogP contribution in [0.4, 0.5) is 0 Å². The number of rotatable bonds is 9. The van der Waals surface area contributed by atoms with Crippen LogP contribution in [0.25, 0.3) is 0 Å². The SMILES string of the molecule is C=C(Cl)CCC(=O)N(C)CC(C)NC(=O)Cc1cc(C2CC2)on1. The molecule has 0 aromatic carbocycles. The lowest BCUT2D eigenvalue weighted by atomic mass is 10.2. The predicted octanol–water partition coefficient (Wildman–Crippen LogP) is 2.59. The van der Waals surface area contributed by atoms with E-state index in [-0.39, 0.29) is 24.3 Å². The van der Waals surface area contributed by atoms with Gasteiger partial charge in [-0.2, -0.15) is 0 Å². The number of carbonyl (C=O) groups is 2. The number of allylic oxidation sites excluding steroid dienone is 1. The Morgan fingerprint density at radius 3 is 2.83 bits per heavy atom. The first kappa shape index (κ1) is 18.5. The molecule has 132 valence electrons. The zero-order chi connectivity index (χ0) is 17.7. The van der Waals surface area contributed by atoms with Crippen LogP contribution in [0.5, 0.6) is 0 Å². The van der Waals surface area contributed by atoms with Crippen molar-refractivity contribution in [2.75, 3.05) is 13.6 Å². The molecule has 0 radical (unpaired) electrons. The van der Waals surface area contributed by atoms with E-state index in [1.54, 1.807) is 11.9 Å². The second-order valence-corrected chi connectivity index (χ2v) is 6.97. The number of aromatic nitrogens is 1. The van der Waals surface area contributed by atoms with Crippen molar-refractivity contribution >= 4 is 23.4 Å². The van der Waals surface area contributed by atoms with E-state index in [1.807, 2.05) is 13.0 Å². The quantitative estimate of drug-likeness (QED) is 0.740. The minimum atomic E-state index is -0.152. The second kappa shape index (κ2) is 8.33. The second-order valence-electron chi connectivity index (χ2n) is 6.43. The van der Waals surface area contributed by atoms with Crippen molar-refractivity contribution in [3.8, 4) is 0 Å². The highest BCUT2D eigenvalue weighted by Crippen LogP contribution is 2.40. The van der Waals surface area contributed by atoms with Gasteiger partial charge in [-0.15, -0.1) is 0 Å². The highest BCUT2D eigenvalue weighted by molar-refractivity contribution is 6.29. The van der Waals surface area contributed by atoms with Gasteiger partial charge >= 0.3 is 0 Å². The molecule has 6 nitrogen and oxygen atoms in total. The Kier molecular flexibility index (Phi) is 6.43. The van der Waals surface area contributed by atoms with Crippen molar-refractivity contribution in [2.24, 2.45) is 0 Å². The molecule has 2 amide bonds. The van der Waals surface area contributed by atoms with Crippen LogP contribution < -0.4 is 5.32 Å². The maximum Gasteiger partial charge on any atom is 0.226 e. The third-order valence-electron chi connectivity index (χ3n) is 3.89. The van der Waals surface area contributed by atoms with E-state index in [4.69, 9.17) is 16.1 Å². The molecule has 1 unspecified atom stereocenters. The molecule has 0 saturated heterocycles. The number of hydrogen-bond donors (Lipinski definition) is 1. The fraction of sp³-hybridized carbons (Fsp3) is 0.588. The molecular formula is C17H24ClN3O3. The number of nitrogens with one attached hydrogen (secondary N) is 1. The van der Waals surface area contributed by atoms with E-state index in [0.29, 0.717) is 36.0 Å². The van der Waals surface area contributed by atoms with Crippen LogP contribution >= 0.6 is 11.6 Å². The van der Waals surface area contributed by atoms with Gasteiger partial charge in [0, 0.05) is 43.1 Å². The summed E-state index contributed by atoms with van der Waals surface area (Å²) < 4.78 is 5.24. The minimum Gasteiger partial charge on any atom is -0.361 e. The summed E-state index contributed by atoms with van der Waals surface area (Å²) in [5.74, 6) is 1.20. The van der Waals surface area contributed by atoms with Crippen LogP contribution in [0.2, 0.25) is 0 Å². The van der Waals surface area contributed by atoms with E-state index in [2.05, 4.69) is 17.1 Å². The number of halogens is 1. The molecule has 1 atom stereocenters. The first-order chi connectivity index (χ1) is 11.3. The summed E-state index contributed by atoms with van der Waals surface area (Å²) in [6, 6.07) is 1.71.